The van der Waals surface area contributed by atoms with E-state index >= 15 is 0 Å². The molecule has 2 amide bonds. The smallest absolute Gasteiger partial charge is 0.318 e. The van der Waals surface area contributed by atoms with Crippen molar-refractivity contribution in [2.45, 2.75) is 25.4 Å². The van der Waals surface area contributed by atoms with E-state index in [1.54, 1.807) is 30.2 Å². The van der Waals surface area contributed by atoms with E-state index in [0.29, 0.717) is 24.6 Å². The lowest BCUT2D eigenvalue weighted by molar-refractivity contribution is 0.0711. The van der Waals surface area contributed by atoms with Crippen LogP contribution in [0, 0.1) is 11.7 Å². The second-order valence-corrected chi connectivity index (χ2v) is 6.70. The Morgan fingerprint density at radius 1 is 1.38 bits per heavy atom. The number of methoxy groups -OCH3 is 1. The first kappa shape index (κ1) is 17.2. The van der Waals surface area contributed by atoms with Gasteiger partial charge in [0, 0.05) is 31.8 Å². The van der Waals surface area contributed by atoms with Gasteiger partial charge in [-0.05, 0) is 37.9 Å². The van der Waals surface area contributed by atoms with Crippen LogP contribution in [0.5, 0.6) is 0 Å². The summed E-state index contributed by atoms with van der Waals surface area (Å²) in [6.07, 6.45) is 2.30. The Balaban J connectivity index is 1.64. The molecule has 4 rings (SSSR count). The summed E-state index contributed by atoms with van der Waals surface area (Å²) in [6.45, 7) is 4.33. The maximum absolute atomic E-state index is 13.9. The number of carbonyl (C=O) groups excluding carboxylic acids is 1. The van der Waals surface area contributed by atoms with Crippen LogP contribution in [0.2, 0.25) is 0 Å². The fourth-order valence-corrected chi connectivity index (χ4v) is 3.66. The van der Waals surface area contributed by atoms with Crippen LogP contribution in [-0.2, 0) is 11.3 Å². The van der Waals surface area contributed by atoms with E-state index in [0.717, 1.165) is 32.5 Å². The van der Waals surface area contributed by atoms with Gasteiger partial charge >= 0.3 is 6.03 Å². The van der Waals surface area contributed by atoms with Gasteiger partial charge in [0.05, 0.1) is 13.2 Å². The third kappa shape index (κ3) is 4.05. The van der Waals surface area contributed by atoms with Crippen molar-refractivity contribution in [3.8, 4) is 0 Å². The Morgan fingerprint density at radius 3 is 2.75 bits per heavy atom. The number of hydrogen-bond donors (Lipinski definition) is 1. The fraction of sp³-hybridized carbons (Fsp3) is 0.611. The zero-order valence-electron chi connectivity index (χ0n) is 14.2. The van der Waals surface area contributed by atoms with Crippen molar-refractivity contribution < 1.29 is 13.9 Å². The highest BCUT2D eigenvalue weighted by molar-refractivity contribution is 5.74. The SMILES string of the molecule is COCCN(Cc1ccccc1F)C(=O)N[C@@H]1CN2CCC1CC2. The Kier molecular flexibility index (Phi) is 5.68. The van der Waals surface area contributed by atoms with Gasteiger partial charge in [0.15, 0.2) is 0 Å². The molecule has 3 aliphatic heterocycles. The van der Waals surface area contributed by atoms with Gasteiger partial charge in [-0.25, -0.2) is 9.18 Å². The molecule has 1 aromatic carbocycles. The highest BCUT2D eigenvalue weighted by Gasteiger charge is 2.35. The minimum Gasteiger partial charge on any atom is -0.383 e. The normalized spacial score (nSPS) is 25.5. The summed E-state index contributed by atoms with van der Waals surface area (Å²) in [5, 5.41) is 3.17. The molecule has 1 aromatic rings. The lowest BCUT2D eigenvalue weighted by atomic mass is 9.84. The summed E-state index contributed by atoms with van der Waals surface area (Å²) in [4.78, 5) is 16.8. The Hall–Kier alpha value is -1.66. The molecule has 0 unspecified atom stereocenters. The molecule has 3 aliphatic rings. The molecule has 5 nitrogen and oxygen atoms in total. The zero-order chi connectivity index (χ0) is 16.9. The molecule has 0 saturated carbocycles. The maximum Gasteiger partial charge on any atom is 0.318 e. The average molecular weight is 335 g/mol. The number of hydrogen-bond acceptors (Lipinski definition) is 3. The highest BCUT2D eigenvalue weighted by atomic mass is 19.1. The summed E-state index contributed by atoms with van der Waals surface area (Å²) >= 11 is 0. The first-order valence-corrected chi connectivity index (χ1v) is 8.67. The predicted molar refractivity (Wildman–Crippen MR) is 90.2 cm³/mol. The molecule has 0 aliphatic carbocycles. The second kappa shape index (κ2) is 7.94. The van der Waals surface area contributed by atoms with E-state index in [1.807, 2.05) is 0 Å². The van der Waals surface area contributed by atoms with Crippen molar-refractivity contribution in [1.29, 1.82) is 0 Å². The van der Waals surface area contributed by atoms with Crippen LogP contribution in [0.15, 0.2) is 24.3 Å². The summed E-state index contributed by atoms with van der Waals surface area (Å²) < 4.78 is 19.0. The molecule has 3 fully saturated rings. The van der Waals surface area contributed by atoms with Gasteiger partial charge in [-0.1, -0.05) is 18.2 Å². The van der Waals surface area contributed by atoms with E-state index in [9.17, 15) is 9.18 Å². The Morgan fingerprint density at radius 2 is 2.12 bits per heavy atom. The van der Waals surface area contributed by atoms with Crippen LogP contribution < -0.4 is 5.32 Å². The van der Waals surface area contributed by atoms with Gasteiger partial charge in [0.1, 0.15) is 5.82 Å². The predicted octanol–water partition coefficient (Wildman–Crippen LogP) is 2.08. The number of amides is 2. The summed E-state index contributed by atoms with van der Waals surface area (Å²) in [7, 11) is 1.60. The lowest BCUT2D eigenvalue weighted by Gasteiger charge is -2.45. The first-order valence-electron chi connectivity index (χ1n) is 8.67. The van der Waals surface area contributed by atoms with Gasteiger partial charge < -0.3 is 19.9 Å². The lowest BCUT2D eigenvalue weighted by Crippen LogP contribution is -2.59. The number of nitrogens with one attached hydrogen (secondary N) is 1. The van der Waals surface area contributed by atoms with Crippen molar-refractivity contribution in [1.82, 2.24) is 15.1 Å². The van der Waals surface area contributed by atoms with Crippen LogP contribution in [0.3, 0.4) is 0 Å². The molecule has 3 heterocycles. The number of benzene rings is 1. The van der Waals surface area contributed by atoms with Crippen LogP contribution in [0.25, 0.3) is 0 Å². The third-order valence-electron chi connectivity index (χ3n) is 5.14. The van der Waals surface area contributed by atoms with Gasteiger partial charge in [0.25, 0.3) is 0 Å². The minimum atomic E-state index is -0.282. The number of nitrogens with zero attached hydrogens (tertiary/aromatic N) is 2. The quantitative estimate of drug-likeness (QED) is 0.866. The van der Waals surface area contributed by atoms with Crippen LogP contribution >= 0.6 is 0 Å². The standard InChI is InChI=1S/C18H26FN3O2/c1-24-11-10-22(12-15-4-2-3-5-16(15)19)18(23)20-17-13-21-8-6-14(17)7-9-21/h2-5,14,17H,6-13H2,1H3,(H,20,23)/t17-/m1/s1. The average Bonchev–Trinajstić information content (AvgIpc) is 2.61. The number of urea groups is 1. The number of halogens is 1. The topological polar surface area (TPSA) is 44.8 Å². The third-order valence-corrected chi connectivity index (χ3v) is 5.14. The van der Waals surface area contributed by atoms with Gasteiger partial charge in [-0.2, -0.15) is 0 Å². The summed E-state index contributed by atoms with van der Waals surface area (Å²) in [5.74, 6) is 0.284. The Labute approximate surface area is 142 Å². The molecule has 24 heavy (non-hydrogen) atoms. The fourth-order valence-electron chi connectivity index (χ4n) is 3.66. The van der Waals surface area contributed by atoms with E-state index in [2.05, 4.69) is 10.2 Å². The largest absolute Gasteiger partial charge is 0.383 e. The first-order chi connectivity index (χ1) is 11.7. The highest BCUT2D eigenvalue weighted by Crippen LogP contribution is 2.27. The van der Waals surface area contributed by atoms with Crippen molar-refractivity contribution in [3.05, 3.63) is 35.6 Å². The van der Waals surface area contributed by atoms with E-state index in [1.165, 1.54) is 6.07 Å². The second-order valence-electron chi connectivity index (χ2n) is 6.70. The van der Waals surface area contributed by atoms with E-state index in [-0.39, 0.29) is 24.4 Å². The summed E-state index contributed by atoms with van der Waals surface area (Å²) in [6, 6.07) is 6.66. The van der Waals surface area contributed by atoms with Crippen molar-refractivity contribution in [2.24, 2.45) is 5.92 Å². The van der Waals surface area contributed by atoms with Crippen LogP contribution in [-0.4, -0.2) is 61.8 Å². The van der Waals surface area contributed by atoms with Crippen molar-refractivity contribution in [3.63, 3.8) is 0 Å². The molecular weight excluding hydrogens is 309 g/mol. The summed E-state index contributed by atoms with van der Waals surface area (Å²) in [5.41, 5.74) is 0.526. The number of fused-ring (bicyclic) bond motifs is 3. The molecule has 0 aromatic heterocycles. The minimum absolute atomic E-state index is 0.131. The van der Waals surface area contributed by atoms with E-state index < -0.39 is 0 Å². The van der Waals surface area contributed by atoms with Gasteiger partial charge in [0.2, 0.25) is 0 Å². The van der Waals surface area contributed by atoms with E-state index in [4.69, 9.17) is 4.74 Å². The number of rotatable bonds is 6. The van der Waals surface area contributed by atoms with Crippen molar-refractivity contribution in [2.75, 3.05) is 39.9 Å². The maximum atomic E-state index is 13.9. The van der Waals surface area contributed by atoms with Gasteiger partial charge in [-0.15, -0.1) is 0 Å². The molecule has 0 spiro atoms. The monoisotopic (exact) mass is 335 g/mol. The van der Waals surface area contributed by atoms with Gasteiger partial charge in [-0.3, -0.25) is 0 Å². The molecule has 2 bridgehead atoms. The molecular formula is C18H26FN3O2. The molecule has 1 atom stereocenters. The molecule has 6 heteroatoms. The molecule has 3 saturated heterocycles. The number of piperidine rings is 3. The number of carbonyl (C=O) groups is 1. The zero-order valence-corrected chi connectivity index (χ0v) is 14.2. The Bertz CT molecular complexity index is 561. The molecule has 1 N–H and O–H groups in total. The molecule has 0 radical (unpaired) electrons. The number of ether oxygens (including phenoxy) is 1. The van der Waals surface area contributed by atoms with Crippen LogP contribution in [0.4, 0.5) is 9.18 Å². The van der Waals surface area contributed by atoms with Crippen LogP contribution in [0.1, 0.15) is 18.4 Å². The van der Waals surface area contributed by atoms with Crippen molar-refractivity contribution >= 4 is 6.03 Å². The molecule has 132 valence electrons.